The van der Waals surface area contributed by atoms with Gasteiger partial charge >= 0.3 is 5.69 Å². The van der Waals surface area contributed by atoms with E-state index < -0.39 is 11.2 Å². The zero-order valence-corrected chi connectivity index (χ0v) is 19.5. The normalized spacial score (nSPS) is 11.2. The number of nitrogen functional groups attached to an aromatic ring is 1. The Morgan fingerprint density at radius 1 is 1.19 bits per heavy atom. The summed E-state index contributed by atoms with van der Waals surface area (Å²) in [6, 6.07) is 6.11. The van der Waals surface area contributed by atoms with Gasteiger partial charge in [0.05, 0.1) is 6.54 Å². The molecule has 1 amide bonds. The van der Waals surface area contributed by atoms with Gasteiger partial charge in [-0.25, -0.2) is 9.18 Å². The minimum Gasteiger partial charge on any atom is -0.383 e. The summed E-state index contributed by atoms with van der Waals surface area (Å²) in [5.74, 6) is -0.271. The molecule has 0 atom stereocenters. The molecule has 176 valence electrons. The molecule has 0 saturated heterocycles. The number of hydrogen-bond donors (Lipinski definition) is 2. The number of hydrogen-bond acceptors (Lipinski definition) is 5. The number of aromatic amines is 1. The summed E-state index contributed by atoms with van der Waals surface area (Å²) in [7, 11) is 0. The Morgan fingerprint density at radius 2 is 1.88 bits per heavy atom. The molecule has 9 heteroatoms. The highest BCUT2D eigenvalue weighted by Crippen LogP contribution is 2.19. The fourth-order valence-electron chi connectivity index (χ4n) is 3.60. The van der Waals surface area contributed by atoms with E-state index in [1.807, 2.05) is 34.6 Å². The molecule has 0 spiro atoms. The van der Waals surface area contributed by atoms with Crippen LogP contribution in [0.25, 0.3) is 0 Å². The first kappa shape index (κ1) is 25.2. The molecule has 1 heterocycles. The van der Waals surface area contributed by atoms with Gasteiger partial charge in [0.15, 0.2) is 0 Å². The van der Waals surface area contributed by atoms with E-state index in [1.54, 1.807) is 21.9 Å². The minimum absolute atomic E-state index is 0.0501. The van der Waals surface area contributed by atoms with Gasteiger partial charge in [0, 0.05) is 26.2 Å². The predicted molar refractivity (Wildman–Crippen MR) is 125 cm³/mol. The Hall–Kier alpha value is -3.10. The van der Waals surface area contributed by atoms with Crippen LogP contribution in [0.5, 0.6) is 0 Å². The minimum atomic E-state index is -0.617. The molecule has 1 aromatic carbocycles. The van der Waals surface area contributed by atoms with Crippen molar-refractivity contribution < 1.29 is 9.18 Å². The van der Waals surface area contributed by atoms with Gasteiger partial charge in [0.2, 0.25) is 5.91 Å². The van der Waals surface area contributed by atoms with E-state index in [-0.39, 0.29) is 48.2 Å². The highest BCUT2D eigenvalue weighted by Gasteiger charge is 2.24. The number of carbonyl (C=O) groups excluding carboxylic acids is 1. The van der Waals surface area contributed by atoms with E-state index in [4.69, 9.17) is 5.73 Å². The average molecular weight is 448 g/mol. The number of amides is 1. The van der Waals surface area contributed by atoms with Gasteiger partial charge in [0.25, 0.3) is 5.56 Å². The second-order valence-corrected chi connectivity index (χ2v) is 8.81. The summed E-state index contributed by atoms with van der Waals surface area (Å²) in [5, 5.41) is 0. The number of likely N-dealkylation sites (N-methyl/N-ethyl adjacent to an activating group) is 1. The van der Waals surface area contributed by atoms with Crippen LogP contribution >= 0.6 is 0 Å². The lowest BCUT2D eigenvalue weighted by molar-refractivity contribution is -0.130. The molecule has 0 saturated carbocycles. The summed E-state index contributed by atoms with van der Waals surface area (Å²) in [6.45, 7) is 11.0. The smallest absolute Gasteiger partial charge is 0.330 e. The molecular formula is C23H34FN5O3. The maximum atomic E-state index is 13.6. The lowest BCUT2D eigenvalue weighted by Crippen LogP contribution is -2.45. The van der Waals surface area contributed by atoms with Crippen molar-refractivity contribution in [3.8, 4) is 0 Å². The molecule has 1 aromatic heterocycles. The molecule has 0 bridgehead atoms. The van der Waals surface area contributed by atoms with Gasteiger partial charge in [-0.05, 0) is 36.5 Å². The SMILES string of the molecule is CCN(Cc1cccc(F)c1)C(=O)CN(CC(C)C)c1c(N)n(CC(C)C)c(=O)[nH]c1=O. The van der Waals surface area contributed by atoms with Crippen molar-refractivity contribution in [3.05, 3.63) is 56.5 Å². The summed E-state index contributed by atoms with van der Waals surface area (Å²) in [4.78, 5) is 43.7. The third kappa shape index (κ3) is 6.45. The number of nitrogens with two attached hydrogens (primary N) is 1. The molecule has 0 fully saturated rings. The Morgan fingerprint density at radius 3 is 2.44 bits per heavy atom. The van der Waals surface area contributed by atoms with Gasteiger partial charge in [0.1, 0.15) is 17.3 Å². The monoisotopic (exact) mass is 447 g/mol. The molecule has 32 heavy (non-hydrogen) atoms. The molecule has 2 aromatic rings. The molecular weight excluding hydrogens is 413 g/mol. The molecule has 0 radical (unpaired) electrons. The molecule has 3 N–H and O–H groups in total. The van der Waals surface area contributed by atoms with E-state index in [2.05, 4.69) is 4.98 Å². The summed E-state index contributed by atoms with van der Waals surface area (Å²) < 4.78 is 14.9. The van der Waals surface area contributed by atoms with Crippen molar-refractivity contribution in [3.63, 3.8) is 0 Å². The molecule has 2 rings (SSSR count). The molecule has 0 aliphatic heterocycles. The van der Waals surface area contributed by atoms with Gasteiger partial charge in [-0.1, -0.05) is 39.8 Å². The van der Waals surface area contributed by atoms with Crippen LogP contribution in [0.1, 0.15) is 40.2 Å². The van der Waals surface area contributed by atoms with Crippen LogP contribution in [0.15, 0.2) is 33.9 Å². The lowest BCUT2D eigenvalue weighted by Gasteiger charge is -2.30. The van der Waals surface area contributed by atoms with Gasteiger partial charge < -0.3 is 15.5 Å². The second kappa shape index (κ2) is 11.0. The highest BCUT2D eigenvalue weighted by atomic mass is 19.1. The Bertz CT molecular complexity index is 1040. The number of aromatic nitrogens is 2. The number of carbonyl (C=O) groups is 1. The van der Waals surface area contributed by atoms with Crippen molar-refractivity contribution in [1.29, 1.82) is 0 Å². The largest absolute Gasteiger partial charge is 0.383 e. The van der Waals surface area contributed by atoms with E-state index >= 15 is 0 Å². The number of benzene rings is 1. The summed E-state index contributed by atoms with van der Waals surface area (Å²) in [6.07, 6.45) is 0. The van der Waals surface area contributed by atoms with Crippen molar-refractivity contribution >= 4 is 17.4 Å². The van der Waals surface area contributed by atoms with Gasteiger partial charge in [-0.15, -0.1) is 0 Å². The van der Waals surface area contributed by atoms with E-state index in [9.17, 15) is 18.8 Å². The third-order valence-corrected chi connectivity index (χ3v) is 4.99. The van der Waals surface area contributed by atoms with Crippen molar-refractivity contribution in [2.75, 3.05) is 30.3 Å². The fourth-order valence-corrected chi connectivity index (χ4v) is 3.60. The van der Waals surface area contributed by atoms with E-state index in [0.717, 1.165) is 0 Å². The maximum Gasteiger partial charge on any atom is 0.330 e. The first-order chi connectivity index (χ1) is 15.0. The average Bonchev–Trinajstić information content (AvgIpc) is 2.68. The van der Waals surface area contributed by atoms with Crippen LogP contribution in [0.4, 0.5) is 15.9 Å². The number of nitrogens with one attached hydrogen (secondary N) is 1. The number of nitrogens with zero attached hydrogens (tertiary/aromatic N) is 3. The van der Waals surface area contributed by atoms with Crippen LogP contribution in [0, 0.1) is 17.7 Å². The Kier molecular flexibility index (Phi) is 8.63. The standard InChI is InChI=1S/C23H34FN5O3/c1-6-27(13-17-8-7-9-18(24)10-17)19(30)14-28(11-15(2)3)20-21(25)29(12-16(4)5)23(32)26-22(20)31/h7-10,15-16H,6,11-14,25H2,1-5H3,(H,26,31,32). The van der Waals surface area contributed by atoms with Crippen LogP contribution in [0.3, 0.4) is 0 Å². The lowest BCUT2D eigenvalue weighted by atomic mass is 10.1. The molecule has 0 aliphatic carbocycles. The van der Waals surface area contributed by atoms with Crippen LogP contribution in [0.2, 0.25) is 0 Å². The van der Waals surface area contributed by atoms with Crippen LogP contribution in [-0.2, 0) is 17.9 Å². The molecule has 0 aliphatic rings. The van der Waals surface area contributed by atoms with E-state index in [0.29, 0.717) is 25.2 Å². The summed E-state index contributed by atoms with van der Waals surface area (Å²) >= 11 is 0. The quantitative estimate of drug-likeness (QED) is 0.582. The van der Waals surface area contributed by atoms with Crippen LogP contribution < -0.4 is 21.9 Å². The van der Waals surface area contributed by atoms with Crippen molar-refractivity contribution in [1.82, 2.24) is 14.5 Å². The predicted octanol–water partition coefficient (Wildman–Crippen LogP) is 2.42. The van der Waals surface area contributed by atoms with Gasteiger partial charge in [-0.2, -0.15) is 0 Å². The Labute approximate surface area is 187 Å². The summed E-state index contributed by atoms with van der Waals surface area (Å²) in [5.41, 5.74) is 5.88. The number of H-pyrrole nitrogens is 1. The highest BCUT2D eigenvalue weighted by molar-refractivity contribution is 5.82. The molecule has 8 nitrogen and oxygen atoms in total. The zero-order chi connectivity index (χ0) is 24.0. The zero-order valence-electron chi connectivity index (χ0n) is 19.5. The second-order valence-electron chi connectivity index (χ2n) is 8.81. The van der Waals surface area contributed by atoms with Crippen LogP contribution in [-0.4, -0.2) is 40.0 Å². The topological polar surface area (TPSA) is 104 Å². The van der Waals surface area contributed by atoms with Crippen molar-refractivity contribution in [2.45, 2.75) is 47.7 Å². The van der Waals surface area contributed by atoms with Crippen molar-refractivity contribution in [2.24, 2.45) is 11.8 Å². The third-order valence-electron chi connectivity index (χ3n) is 4.99. The molecule has 0 unspecified atom stereocenters. The fraction of sp³-hybridized carbons (Fsp3) is 0.522. The first-order valence-corrected chi connectivity index (χ1v) is 10.9. The number of halogens is 1. The van der Waals surface area contributed by atoms with E-state index in [1.165, 1.54) is 16.7 Å². The number of rotatable bonds is 10. The van der Waals surface area contributed by atoms with Gasteiger partial charge in [-0.3, -0.25) is 19.1 Å². The maximum absolute atomic E-state index is 13.6. The first-order valence-electron chi connectivity index (χ1n) is 10.9. The Balaban J connectivity index is 2.38. The number of anilines is 2.